The molecule has 0 bridgehead atoms. The molecule has 28 heavy (non-hydrogen) atoms. The first-order valence-electron chi connectivity index (χ1n) is 9.23. The van der Waals surface area contributed by atoms with E-state index in [-0.39, 0.29) is 23.7 Å². The van der Waals surface area contributed by atoms with E-state index in [0.29, 0.717) is 11.5 Å². The summed E-state index contributed by atoms with van der Waals surface area (Å²) in [7, 11) is 0. The van der Waals surface area contributed by atoms with Gasteiger partial charge < -0.3 is 15.4 Å². The summed E-state index contributed by atoms with van der Waals surface area (Å²) in [6.07, 6.45) is 3.13. The van der Waals surface area contributed by atoms with Gasteiger partial charge in [0.25, 0.3) is 5.91 Å². The van der Waals surface area contributed by atoms with Gasteiger partial charge in [0.05, 0.1) is 18.5 Å². The Bertz CT molecular complexity index is 894. The summed E-state index contributed by atoms with van der Waals surface area (Å²) in [5, 5.41) is 6.08. The van der Waals surface area contributed by atoms with Crippen molar-refractivity contribution in [1.29, 1.82) is 0 Å². The fraction of sp³-hybridized carbons (Fsp3) is 0.227. The maximum Gasteiger partial charge on any atom is 0.275 e. The van der Waals surface area contributed by atoms with Crippen LogP contribution in [0, 0.1) is 0 Å². The first kappa shape index (κ1) is 19.4. The molecule has 0 saturated carbocycles. The normalized spacial score (nSPS) is 11.7. The Balaban J connectivity index is 1.59. The zero-order chi connectivity index (χ0) is 19.9. The Morgan fingerprint density at radius 1 is 0.929 bits per heavy atom. The number of amides is 1. The number of ether oxygens (including phenoxy) is 1. The van der Waals surface area contributed by atoms with Crippen molar-refractivity contribution in [3.05, 3.63) is 78.2 Å². The van der Waals surface area contributed by atoms with Crippen molar-refractivity contribution in [1.82, 2.24) is 9.97 Å². The van der Waals surface area contributed by atoms with E-state index < -0.39 is 0 Å². The van der Waals surface area contributed by atoms with Gasteiger partial charge in [0.2, 0.25) is 0 Å². The van der Waals surface area contributed by atoms with E-state index in [1.54, 1.807) is 18.3 Å². The van der Waals surface area contributed by atoms with Gasteiger partial charge in [-0.3, -0.25) is 4.79 Å². The van der Waals surface area contributed by atoms with Gasteiger partial charge in [-0.05, 0) is 50.6 Å². The van der Waals surface area contributed by atoms with Crippen LogP contribution in [0.5, 0.6) is 5.75 Å². The quantitative estimate of drug-likeness (QED) is 0.626. The highest BCUT2D eigenvalue weighted by Gasteiger charge is 2.10. The van der Waals surface area contributed by atoms with Crippen molar-refractivity contribution in [2.24, 2.45) is 0 Å². The summed E-state index contributed by atoms with van der Waals surface area (Å²) >= 11 is 0. The number of hydrogen-bond acceptors (Lipinski definition) is 5. The summed E-state index contributed by atoms with van der Waals surface area (Å²) in [5.41, 5.74) is 2.07. The molecular formula is C22H24N4O2. The zero-order valence-corrected chi connectivity index (χ0v) is 16.2. The Kier molecular flexibility index (Phi) is 6.22. The molecule has 1 atom stereocenters. The van der Waals surface area contributed by atoms with Crippen LogP contribution in [0.25, 0.3) is 0 Å². The summed E-state index contributed by atoms with van der Waals surface area (Å²) < 4.78 is 5.59. The smallest absolute Gasteiger partial charge is 0.275 e. The molecule has 3 aromatic rings. The van der Waals surface area contributed by atoms with Crippen molar-refractivity contribution in [2.75, 3.05) is 10.6 Å². The van der Waals surface area contributed by atoms with Gasteiger partial charge in [0.15, 0.2) is 0 Å². The van der Waals surface area contributed by atoms with Crippen LogP contribution in [-0.2, 0) is 0 Å². The Hall–Kier alpha value is -3.41. The SMILES string of the molecule is CC(C)Oc1ccc(NC(=O)c2cnc(NC(C)c3ccccc3)cn2)cc1. The highest BCUT2D eigenvalue weighted by molar-refractivity contribution is 6.02. The minimum absolute atomic E-state index is 0.0850. The Labute approximate surface area is 165 Å². The lowest BCUT2D eigenvalue weighted by Gasteiger charge is -2.14. The summed E-state index contributed by atoms with van der Waals surface area (Å²) in [4.78, 5) is 20.9. The second-order valence-electron chi connectivity index (χ2n) is 6.71. The van der Waals surface area contributed by atoms with Crippen molar-refractivity contribution < 1.29 is 9.53 Å². The fourth-order valence-corrected chi connectivity index (χ4v) is 2.65. The van der Waals surface area contributed by atoms with E-state index in [4.69, 9.17) is 4.74 Å². The molecule has 1 aromatic heterocycles. The molecule has 0 aliphatic carbocycles. The predicted octanol–water partition coefficient (Wildman–Crippen LogP) is 4.69. The van der Waals surface area contributed by atoms with E-state index in [2.05, 4.69) is 20.6 Å². The maximum absolute atomic E-state index is 12.4. The number of nitrogens with one attached hydrogen (secondary N) is 2. The highest BCUT2D eigenvalue weighted by Crippen LogP contribution is 2.18. The molecule has 1 unspecified atom stereocenters. The number of benzene rings is 2. The maximum atomic E-state index is 12.4. The Morgan fingerprint density at radius 2 is 1.64 bits per heavy atom. The molecule has 1 amide bonds. The topological polar surface area (TPSA) is 76.1 Å². The molecule has 0 spiro atoms. The lowest BCUT2D eigenvalue weighted by molar-refractivity contribution is 0.102. The molecule has 6 nitrogen and oxygen atoms in total. The number of hydrogen-bond donors (Lipinski definition) is 2. The first-order valence-corrected chi connectivity index (χ1v) is 9.23. The van der Waals surface area contributed by atoms with Crippen molar-refractivity contribution in [2.45, 2.75) is 32.9 Å². The molecule has 0 radical (unpaired) electrons. The lowest BCUT2D eigenvalue weighted by Crippen LogP contribution is -2.15. The molecule has 3 rings (SSSR count). The van der Waals surface area contributed by atoms with Crippen LogP contribution in [-0.4, -0.2) is 22.0 Å². The van der Waals surface area contributed by atoms with Crippen molar-refractivity contribution >= 4 is 17.4 Å². The molecule has 144 valence electrons. The van der Waals surface area contributed by atoms with E-state index in [0.717, 1.165) is 11.3 Å². The van der Waals surface area contributed by atoms with Crippen LogP contribution in [0.2, 0.25) is 0 Å². The molecule has 2 N–H and O–H groups in total. The molecule has 2 aromatic carbocycles. The minimum Gasteiger partial charge on any atom is -0.491 e. The van der Waals surface area contributed by atoms with Crippen LogP contribution < -0.4 is 15.4 Å². The van der Waals surface area contributed by atoms with E-state index in [1.807, 2.05) is 63.2 Å². The van der Waals surface area contributed by atoms with Crippen LogP contribution >= 0.6 is 0 Å². The summed E-state index contributed by atoms with van der Waals surface area (Å²) in [6, 6.07) is 17.4. The third kappa shape index (κ3) is 5.30. The number of rotatable bonds is 7. The Morgan fingerprint density at radius 3 is 2.25 bits per heavy atom. The molecule has 0 fully saturated rings. The average Bonchev–Trinajstić information content (AvgIpc) is 2.70. The number of carbonyl (C=O) groups is 1. The second-order valence-corrected chi connectivity index (χ2v) is 6.71. The molecule has 0 saturated heterocycles. The average molecular weight is 376 g/mol. The predicted molar refractivity (Wildman–Crippen MR) is 111 cm³/mol. The lowest BCUT2D eigenvalue weighted by atomic mass is 10.1. The van der Waals surface area contributed by atoms with Crippen molar-refractivity contribution in [3.63, 3.8) is 0 Å². The van der Waals surface area contributed by atoms with Crippen LogP contribution in [0.4, 0.5) is 11.5 Å². The third-order valence-electron chi connectivity index (χ3n) is 4.03. The minimum atomic E-state index is -0.312. The third-order valence-corrected chi connectivity index (χ3v) is 4.03. The molecule has 0 aliphatic rings. The van der Waals surface area contributed by atoms with E-state index >= 15 is 0 Å². The van der Waals surface area contributed by atoms with Crippen LogP contribution in [0.1, 0.15) is 42.9 Å². The number of nitrogens with zero attached hydrogens (tertiary/aromatic N) is 2. The monoisotopic (exact) mass is 376 g/mol. The van der Waals surface area contributed by atoms with Gasteiger partial charge in [-0.15, -0.1) is 0 Å². The van der Waals surface area contributed by atoms with E-state index in [1.165, 1.54) is 6.20 Å². The van der Waals surface area contributed by atoms with Gasteiger partial charge >= 0.3 is 0 Å². The fourth-order valence-electron chi connectivity index (χ4n) is 2.65. The first-order chi connectivity index (χ1) is 13.5. The molecule has 0 aliphatic heterocycles. The largest absolute Gasteiger partial charge is 0.491 e. The van der Waals surface area contributed by atoms with Crippen LogP contribution in [0.15, 0.2) is 67.0 Å². The van der Waals surface area contributed by atoms with Gasteiger partial charge in [0, 0.05) is 11.7 Å². The molecule has 6 heteroatoms. The standard InChI is InChI=1S/C22H24N4O2/c1-15(2)28-19-11-9-18(10-12-19)26-22(27)20-13-24-21(14-23-20)25-16(3)17-7-5-4-6-8-17/h4-16H,1-3H3,(H,24,25)(H,26,27). The zero-order valence-electron chi connectivity index (χ0n) is 16.2. The van der Waals surface area contributed by atoms with Crippen molar-refractivity contribution in [3.8, 4) is 5.75 Å². The van der Waals surface area contributed by atoms with Gasteiger partial charge in [0.1, 0.15) is 17.3 Å². The highest BCUT2D eigenvalue weighted by atomic mass is 16.5. The summed E-state index contributed by atoms with van der Waals surface area (Å²) in [6.45, 7) is 5.98. The van der Waals surface area contributed by atoms with Gasteiger partial charge in [-0.1, -0.05) is 30.3 Å². The van der Waals surface area contributed by atoms with E-state index in [9.17, 15) is 4.79 Å². The van der Waals surface area contributed by atoms with Gasteiger partial charge in [-0.2, -0.15) is 0 Å². The second kappa shape index (κ2) is 8.99. The van der Waals surface area contributed by atoms with Gasteiger partial charge in [-0.25, -0.2) is 9.97 Å². The molecular weight excluding hydrogens is 352 g/mol. The summed E-state index contributed by atoms with van der Waals surface area (Å²) in [5.74, 6) is 1.06. The number of aromatic nitrogens is 2. The number of carbonyl (C=O) groups excluding carboxylic acids is 1. The van der Waals surface area contributed by atoms with Crippen LogP contribution in [0.3, 0.4) is 0 Å². The molecule has 1 heterocycles. The number of anilines is 2.